The molecule has 2 aromatic rings. The Kier molecular flexibility index (Phi) is 4.66. The van der Waals surface area contributed by atoms with Crippen molar-refractivity contribution < 1.29 is 13.6 Å². The van der Waals surface area contributed by atoms with Crippen molar-refractivity contribution in [3.63, 3.8) is 0 Å². The molecule has 1 amide bonds. The highest BCUT2D eigenvalue weighted by molar-refractivity contribution is 5.99. The molecular weight excluding hydrogens is 269 g/mol. The second-order valence-corrected chi connectivity index (χ2v) is 6.02. The molecule has 3 nitrogen and oxygen atoms in total. The summed E-state index contributed by atoms with van der Waals surface area (Å²) in [6.07, 6.45) is 1.96. The van der Waals surface area contributed by atoms with E-state index in [1.807, 2.05) is 6.92 Å². The predicted octanol–water partition coefficient (Wildman–Crippen LogP) is 4.43. The Morgan fingerprint density at radius 1 is 1.29 bits per heavy atom. The minimum atomic E-state index is -0.442. The molecule has 114 valence electrons. The van der Waals surface area contributed by atoms with Crippen LogP contribution in [0.3, 0.4) is 0 Å². The van der Waals surface area contributed by atoms with Gasteiger partial charge in [-0.3, -0.25) is 4.79 Å². The third-order valence-corrected chi connectivity index (χ3v) is 3.68. The van der Waals surface area contributed by atoms with Crippen LogP contribution in [0, 0.1) is 18.7 Å². The molecule has 0 aliphatic rings. The highest BCUT2D eigenvalue weighted by Gasteiger charge is 2.20. The highest BCUT2D eigenvalue weighted by atomic mass is 19.1. The van der Waals surface area contributed by atoms with Crippen LogP contribution in [-0.4, -0.2) is 11.9 Å². The summed E-state index contributed by atoms with van der Waals surface area (Å²) in [7, 11) is 0. The SMILES string of the molecule is Cc1c(C(=O)NC(C)CCC(C)C)oc2c(F)cccc12. The first-order chi connectivity index (χ1) is 9.90. The molecule has 1 aromatic carbocycles. The average molecular weight is 291 g/mol. The van der Waals surface area contributed by atoms with Gasteiger partial charge in [-0.15, -0.1) is 0 Å². The standard InChI is InChI=1S/C17H22FNO2/c1-10(2)8-9-11(3)19-17(20)15-12(4)13-6-5-7-14(18)16(13)21-15/h5-7,10-11H,8-9H2,1-4H3,(H,19,20). The smallest absolute Gasteiger partial charge is 0.287 e. The van der Waals surface area contributed by atoms with Gasteiger partial charge in [0.1, 0.15) is 0 Å². The Balaban J connectivity index is 2.16. The van der Waals surface area contributed by atoms with Crippen LogP contribution in [0.25, 0.3) is 11.0 Å². The normalized spacial score (nSPS) is 12.9. The molecule has 0 bridgehead atoms. The second-order valence-electron chi connectivity index (χ2n) is 6.02. The molecule has 0 saturated carbocycles. The lowest BCUT2D eigenvalue weighted by molar-refractivity contribution is 0.0910. The molecule has 1 N–H and O–H groups in total. The lowest BCUT2D eigenvalue weighted by Crippen LogP contribution is -2.32. The van der Waals surface area contributed by atoms with Crippen molar-refractivity contribution >= 4 is 16.9 Å². The maximum atomic E-state index is 13.7. The van der Waals surface area contributed by atoms with Gasteiger partial charge in [0, 0.05) is 17.0 Å². The number of aryl methyl sites for hydroxylation is 1. The molecule has 0 saturated heterocycles. The van der Waals surface area contributed by atoms with Crippen molar-refractivity contribution in [2.24, 2.45) is 5.92 Å². The first-order valence-electron chi connectivity index (χ1n) is 7.38. The quantitative estimate of drug-likeness (QED) is 0.885. The lowest BCUT2D eigenvalue weighted by Gasteiger charge is -2.14. The Morgan fingerprint density at radius 3 is 2.62 bits per heavy atom. The number of rotatable bonds is 5. The van der Waals surface area contributed by atoms with Gasteiger partial charge in [-0.25, -0.2) is 4.39 Å². The van der Waals surface area contributed by atoms with Gasteiger partial charge in [0.25, 0.3) is 5.91 Å². The largest absolute Gasteiger partial charge is 0.448 e. The van der Waals surface area contributed by atoms with E-state index in [0.717, 1.165) is 12.8 Å². The van der Waals surface area contributed by atoms with E-state index in [9.17, 15) is 9.18 Å². The molecule has 1 atom stereocenters. The minimum Gasteiger partial charge on any atom is -0.448 e. The zero-order valence-corrected chi connectivity index (χ0v) is 13.0. The number of fused-ring (bicyclic) bond motifs is 1. The first kappa shape index (κ1) is 15.5. The van der Waals surface area contributed by atoms with Gasteiger partial charge in [-0.05, 0) is 38.7 Å². The minimum absolute atomic E-state index is 0.0670. The third-order valence-electron chi connectivity index (χ3n) is 3.68. The van der Waals surface area contributed by atoms with Crippen LogP contribution in [0.5, 0.6) is 0 Å². The predicted molar refractivity (Wildman–Crippen MR) is 81.9 cm³/mol. The van der Waals surface area contributed by atoms with Crippen molar-refractivity contribution in [1.82, 2.24) is 5.32 Å². The molecule has 0 aliphatic carbocycles. The summed E-state index contributed by atoms with van der Waals surface area (Å²) in [4.78, 5) is 12.3. The number of amides is 1. The number of hydrogen-bond donors (Lipinski definition) is 1. The molecule has 2 rings (SSSR count). The van der Waals surface area contributed by atoms with Crippen LogP contribution < -0.4 is 5.32 Å². The summed E-state index contributed by atoms with van der Waals surface area (Å²) < 4.78 is 19.1. The molecule has 1 heterocycles. The van der Waals surface area contributed by atoms with E-state index in [2.05, 4.69) is 19.2 Å². The summed E-state index contributed by atoms with van der Waals surface area (Å²) in [5.74, 6) is 0.0831. The lowest BCUT2D eigenvalue weighted by atomic mass is 10.0. The molecule has 0 aliphatic heterocycles. The number of para-hydroxylation sites is 1. The number of carbonyl (C=O) groups excluding carboxylic acids is 1. The number of furan rings is 1. The van der Waals surface area contributed by atoms with Crippen molar-refractivity contribution in [3.05, 3.63) is 35.3 Å². The summed E-state index contributed by atoms with van der Waals surface area (Å²) in [6.45, 7) is 8.05. The summed E-state index contributed by atoms with van der Waals surface area (Å²) in [6, 6.07) is 4.78. The maximum absolute atomic E-state index is 13.7. The van der Waals surface area contributed by atoms with E-state index in [1.54, 1.807) is 19.1 Å². The van der Waals surface area contributed by atoms with Crippen molar-refractivity contribution in [2.75, 3.05) is 0 Å². The molecule has 0 radical (unpaired) electrons. The zero-order valence-electron chi connectivity index (χ0n) is 13.0. The Labute approximate surface area is 124 Å². The number of halogens is 1. The van der Waals surface area contributed by atoms with Gasteiger partial charge in [0.2, 0.25) is 0 Å². The van der Waals surface area contributed by atoms with Gasteiger partial charge in [0.15, 0.2) is 17.2 Å². The van der Waals surface area contributed by atoms with E-state index in [4.69, 9.17) is 4.42 Å². The fourth-order valence-corrected chi connectivity index (χ4v) is 2.37. The van der Waals surface area contributed by atoms with Gasteiger partial charge >= 0.3 is 0 Å². The van der Waals surface area contributed by atoms with Gasteiger partial charge in [0.05, 0.1) is 0 Å². The van der Waals surface area contributed by atoms with Crippen LogP contribution in [0.4, 0.5) is 4.39 Å². The number of hydrogen-bond acceptors (Lipinski definition) is 2. The fourth-order valence-electron chi connectivity index (χ4n) is 2.37. The van der Waals surface area contributed by atoms with E-state index < -0.39 is 5.82 Å². The van der Waals surface area contributed by atoms with Gasteiger partial charge in [-0.2, -0.15) is 0 Å². The van der Waals surface area contributed by atoms with Crippen molar-refractivity contribution in [1.29, 1.82) is 0 Å². The van der Waals surface area contributed by atoms with Gasteiger partial charge < -0.3 is 9.73 Å². The summed E-state index contributed by atoms with van der Waals surface area (Å²) in [5.41, 5.74) is 0.827. The molecule has 1 unspecified atom stereocenters. The summed E-state index contributed by atoms with van der Waals surface area (Å²) in [5, 5.41) is 3.57. The van der Waals surface area contributed by atoms with Crippen molar-refractivity contribution in [3.8, 4) is 0 Å². The molecule has 0 fully saturated rings. The molecule has 1 aromatic heterocycles. The van der Waals surface area contributed by atoms with E-state index in [1.165, 1.54) is 6.07 Å². The molecule has 4 heteroatoms. The monoisotopic (exact) mass is 291 g/mol. The average Bonchev–Trinajstić information content (AvgIpc) is 2.76. The van der Waals surface area contributed by atoms with Crippen LogP contribution in [0.1, 0.15) is 49.7 Å². The molecular formula is C17H22FNO2. The van der Waals surface area contributed by atoms with E-state index >= 15 is 0 Å². The zero-order chi connectivity index (χ0) is 15.6. The Bertz CT molecular complexity index is 646. The second kappa shape index (κ2) is 6.29. The number of nitrogens with one attached hydrogen (secondary N) is 1. The first-order valence-corrected chi connectivity index (χ1v) is 7.38. The topological polar surface area (TPSA) is 42.2 Å². The summed E-state index contributed by atoms with van der Waals surface area (Å²) >= 11 is 0. The van der Waals surface area contributed by atoms with E-state index in [-0.39, 0.29) is 23.3 Å². The Hall–Kier alpha value is -1.84. The third kappa shape index (κ3) is 3.43. The van der Waals surface area contributed by atoms with Crippen molar-refractivity contribution in [2.45, 2.75) is 46.6 Å². The molecule has 0 spiro atoms. The maximum Gasteiger partial charge on any atom is 0.287 e. The molecule has 21 heavy (non-hydrogen) atoms. The number of benzene rings is 1. The number of carbonyl (C=O) groups is 1. The van der Waals surface area contributed by atoms with Crippen LogP contribution >= 0.6 is 0 Å². The van der Waals surface area contributed by atoms with Crippen LogP contribution in [0.15, 0.2) is 22.6 Å². The highest BCUT2D eigenvalue weighted by Crippen LogP contribution is 2.27. The fraction of sp³-hybridized carbons (Fsp3) is 0.471. The van der Waals surface area contributed by atoms with Crippen LogP contribution in [-0.2, 0) is 0 Å². The van der Waals surface area contributed by atoms with E-state index in [0.29, 0.717) is 16.9 Å². The van der Waals surface area contributed by atoms with Crippen LogP contribution in [0.2, 0.25) is 0 Å². The Morgan fingerprint density at radius 2 is 2.00 bits per heavy atom. The van der Waals surface area contributed by atoms with Gasteiger partial charge in [-0.1, -0.05) is 26.0 Å².